The molecule has 1 saturated heterocycles. The molecule has 138 valence electrons. The number of carbonyl (C=O) groups is 4. The van der Waals surface area contributed by atoms with Crippen molar-refractivity contribution in [1.82, 2.24) is 4.90 Å². The summed E-state index contributed by atoms with van der Waals surface area (Å²) in [6, 6.07) is 15.6. The Balaban J connectivity index is 1.75. The third-order valence-electron chi connectivity index (χ3n) is 4.21. The van der Waals surface area contributed by atoms with Crippen molar-refractivity contribution >= 4 is 23.9 Å². The minimum absolute atomic E-state index is 0.0202. The average Bonchev–Trinajstić information content (AvgIpc) is 3.00. The van der Waals surface area contributed by atoms with Crippen molar-refractivity contribution in [2.24, 2.45) is 5.92 Å². The van der Waals surface area contributed by atoms with Gasteiger partial charge in [-0.25, -0.2) is 14.5 Å². The first-order chi connectivity index (χ1) is 13.0. The number of esters is 2. The van der Waals surface area contributed by atoms with Crippen LogP contribution in [0.15, 0.2) is 60.7 Å². The van der Waals surface area contributed by atoms with Crippen LogP contribution in [0.2, 0.25) is 0 Å². The number of benzene rings is 2. The molecule has 2 amide bonds. The highest BCUT2D eigenvalue weighted by Crippen LogP contribution is 2.25. The van der Waals surface area contributed by atoms with Crippen molar-refractivity contribution in [1.29, 1.82) is 0 Å². The third kappa shape index (κ3) is 3.87. The lowest BCUT2D eigenvalue weighted by atomic mass is 10.0. The predicted molar refractivity (Wildman–Crippen MR) is 93.3 cm³/mol. The van der Waals surface area contributed by atoms with Crippen molar-refractivity contribution in [3.63, 3.8) is 0 Å². The van der Waals surface area contributed by atoms with E-state index in [1.165, 1.54) is 19.1 Å². The summed E-state index contributed by atoms with van der Waals surface area (Å²) in [5, 5.41) is 0. The number of hydrogen-bond donors (Lipinski definition) is 0. The van der Waals surface area contributed by atoms with Crippen LogP contribution in [0.5, 0.6) is 0 Å². The van der Waals surface area contributed by atoms with Crippen LogP contribution in [-0.2, 0) is 25.7 Å². The van der Waals surface area contributed by atoms with Gasteiger partial charge in [-0.15, -0.1) is 0 Å². The van der Waals surface area contributed by atoms with E-state index in [-0.39, 0.29) is 12.2 Å². The number of hydrogen-bond acceptors (Lipinski definition) is 6. The van der Waals surface area contributed by atoms with E-state index >= 15 is 0 Å². The van der Waals surface area contributed by atoms with Gasteiger partial charge in [0.15, 0.2) is 6.04 Å². The molecule has 1 heterocycles. The Labute approximate surface area is 155 Å². The number of carbonyl (C=O) groups excluding carboxylic acids is 4. The van der Waals surface area contributed by atoms with Crippen LogP contribution in [0.3, 0.4) is 0 Å². The molecule has 2 aromatic carbocycles. The first-order valence-corrected chi connectivity index (χ1v) is 8.34. The second-order valence-electron chi connectivity index (χ2n) is 6.06. The zero-order valence-corrected chi connectivity index (χ0v) is 14.5. The van der Waals surface area contributed by atoms with Gasteiger partial charge in [0, 0.05) is 5.56 Å². The minimum atomic E-state index is -1.37. The monoisotopic (exact) mass is 367 g/mol. The molecule has 1 aliphatic heterocycles. The van der Waals surface area contributed by atoms with Gasteiger partial charge < -0.3 is 9.47 Å². The van der Waals surface area contributed by atoms with E-state index in [1.807, 2.05) is 6.07 Å². The van der Waals surface area contributed by atoms with Crippen molar-refractivity contribution in [2.75, 3.05) is 0 Å². The van der Waals surface area contributed by atoms with E-state index in [9.17, 15) is 19.2 Å². The van der Waals surface area contributed by atoms with Crippen LogP contribution < -0.4 is 0 Å². The standard InChI is InChI=1S/C20H17NO6/c1-13(18(23)26-12-14-8-4-2-5-9-14)16-19(24)27-20(25)21(16)17(22)15-10-6-3-7-11-15/h2-11,13,16H,12H2,1H3/t13?,16-/m0/s1. The fraction of sp³-hybridized carbons (Fsp3) is 0.200. The van der Waals surface area contributed by atoms with Crippen molar-refractivity contribution in [2.45, 2.75) is 19.6 Å². The molecule has 0 N–H and O–H groups in total. The fourth-order valence-corrected chi connectivity index (χ4v) is 2.76. The quantitative estimate of drug-likeness (QED) is 0.596. The molecular formula is C20H17NO6. The molecule has 3 rings (SSSR count). The van der Waals surface area contributed by atoms with Crippen molar-refractivity contribution < 1.29 is 28.7 Å². The molecule has 0 bridgehead atoms. The number of ether oxygens (including phenoxy) is 2. The van der Waals surface area contributed by atoms with Gasteiger partial charge in [-0.3, -0.25) is 9.59 Å². The largest absolute Gasteiger partial charge is 0.461 e. The molecule has 0 saturated carbocycles. The van der Waals surface area contributed by atoms with Gasteiger partial charge in [-0.05, 0) is 24.6 Å². The molecule has 0 aliphatic carbocycles. The molecule has 7 heteroatoms. The highest BCUT2D eigenvalue weighted by molar-refractivity contribution is 6.11. The van der Waals surface area contributed by atoms with Gasteiger partial charge in [0.1, 0.15) is 6.61 Å². The third-order valence-corrected chi connectivity index (χ3v) is 4.21. The first kappa shape index (κ1) is 18.3. The Hall–Kier alpha value is -3.48. The second-order valence-corrected chi connectivity index (χ2v) is 6.06. The summed E-state index contributed by atoms with van der Waals surface area (Å²) >= 11 is 0. The SMILES string of the molecule is CC(C(=O)OCc1ccccc1)[C@H]1C(=O)OC(=O)N1C(=O)c1ccccc1. The summed E-state index contributed by atoms with van der Waals surface area (Å²) in [6.07, 6.45) is -1.10. The number of cyclic esters (lactones) is 2. The summed E-state index contributed by atoms with van der Waals surface area (Å²) in [5.74, 6) is -3.44. The van der Waals surface area contributed by atoms with E-state index in [2.05, 4.69) is 4.74 Å². The van der Waals surface area contributed by atoms with E-state index in [1.54, 1.807) is 42.5 Å². The number of amides is 2. The maximum Gasteiger partial charge on any atom is 0.425 e. The Bertz CT molecular complexity index is 865. The first-order valence-electron chi connectivity index (χ1n) is 8.34. The maximum absolute atomic E-state index is 12.6. The molecule has 27 heavy (non-hydrogen) atoms. The van der Waals surface area contributed by atoms with Crippen molar-refractivity contribution in [3.05, 3.63) is 71.8 Å². The van der Waals surface area contributed by atoms with Crippen LogP contribution in [0.1, 0.15) is 22.8 Å². The summed E-state index contributed by atoms with van der Waals surface area (Å²) in [6.45, 7) is 1.44. The van der Waals surface area contributed by atoms with E-state index in [0.29, 0.717) is 4.90 Å². The highest BCUT2D eigenvalue weighted by Gasteiger charge is 2.50. The molecule has 7 nitrogen and oxygen atoms in total. The molecule has 2 atom stereocenters. The van der Waals surface area contributed by atoms with Gasteiger partial charge in [0.25, 0.3) is 5.91 Å². The van der Waals surface area contributed by atoms with Crippen molar-refractivity contribution in [3.8, 4) is 0 Å². The Morgan fingerprint density at radius 1 is 1.04 bits per heavy atom. The molecule has 1 unspecified atom stereocenters. The molecule has 0 aromatic heterocycles. The number of nitrogens with zero attached hydrogens (tertiary/aromatic N) is 1. The van der Waals surface area contributed by atoms with Gasteiger partial charge >= 0.3 is 18.0 Å². The highest BCUT2D eigenvalue weighted by atomic mass is 16.6. The summed E-state index contributed by atoms with van der Waals surface area (Å²) < 4.78 is 9.81. The molecule has 1 fully saturated rings. The smallest absolute Gasteiger partial charge is 0.425 e. The topological polar surface area (TPSA) is 90.0 Å². The van der Waals surface area contributed by atoms with Gasteiger partial charge in [-0.1, -0.05) is 48.5 Å². The Morgan fingerprint density at radius 2 is 1.63 bits per heavy atom. The average molecular weight is 367 g/mol. The maximum atomic E-state index is 12.6. The van der Waals surface area contributed by atoms with Gasteiger partial charge in [-0.2, -0.15) is 0 Å². The molecule has 1 aliphatic rings. The lowest BCUT2D eigenvalue weighted by molar-refractivity contribution is -0.154. The molecule has 0 radical (unpaired) electrons. The Kier molecular flexibility index (Phi) is 5.30. The lowest BCUT2D eigenvalue weighted by Gasteiger charge is -2.22. The summed E-state index contributed by atoms with van der Waals surface area (Å²) in [7, 11) is 0. The normalized spacial score (nSPS) is 17.4. The summed E-state index contributed by atoms with van der Waals surface area (Å²) in [4.78, 5) is 49.8. The zero-order valence-electron chi connectivity index (χ0n) is 14.5. The number of rotatable bonds is 5. The predicted octanol–water partition coefficient (Wildman–Crippen LogP) is 2.55. The van der Waals surface area contributed by atoms with Crippen LogP contribution in [-0.4, -0.2) is 34.9 Å². The summed E-state index contributed by atoms with van der Waals surface area (Å²) in [5.41, 5.74) is 0.986. The Morgan fingerprint density at radius 3 is 2.26 bits per heavy atom. The fourth-order valence-electron chi connectivity index (χ4n) is 2.76. The van der Waals surface area contributed by atoms with Crippen LogP contribution in [0.4, 0.5) is 4.79 Å². The minimum Gasteiger partial charge on any atom is -0.461 e. The van der Waals surface area contributed by atoms with Gasteiger partial charge in [0.2, 0.25) is 0 Å². The molecule has 2 aromatic rings. The lowest BCUT2D eigenvalue weighted by Crippen LogP contribution is -2.46. The van der Waals surface area contributed by atoms with Crippen LogP contribution >= 0.6 is 0 Å². The zero-order chi connectivity index (χ0) is 19.4. The second kappa shape index (κ2) is 7.82. The molecule has 0 spiro atoms. The van der Waals surface area contributed by atoms with E-state index in [0.717, 1.165) is 5.56 Å². The van der Waals surface area contributed by atoms with Crippen LogP contribution in [0.25, 0.3) is 0 Å². The van der Waals surface area contributed by atoms with E-state index < -0.39 is 35.9 Å². The molecular weight excluding hydrogens is 350 g/mol. The van der Waals surface area contributed by atoms with Crippen LogP contribution in [0, 0.1) is 5.92 Å². The number of imide groups is 1. The van der Waals surface area contributed by atoms with Gasteiger partial charge in [0.05, 0.1) is 5.92 Å². The van der Waals surface area contributed by atoms with E-state index in [4.69, 9.17) is 4.74 Å².